The maximum absolute atomic E-state index is 12.4. The summed E-state index contributed by atoms with van der Waals surface area (Å²) < 4.78 is 2.20. The number of nitrogens with zero attached hydrogens (tertiary/aromatic N) is 2. The van der Waals surface area contributed by atoms with Gasteiger partial charge in [-0.25, -0.2) is 4.31 Å². The number of terminal acetylenes is 1. The van der Waals surface area contributed by atoms with Crippen LogP contribution in [0, 0.1) is 12.3 Å². The van der Waals surface area contributed by atoms with Crippen LogP contribution in [0.4, 0.5) is 0 Å². The molecule has 170 valence electrons. The van der Waals surface area contributed by atoms with Crippen molar-refractivity contribution in [1.29, 1.82) is 0 Å². The molecule has 0 radical (unpaired) electrons. The highest BCUT2D eigenvalue weighted by molar-refractivity contribution is 7.96. The number of fused-ring (bicyclic) bond motifs is 1. The number of rotatable bonds is 10. The lowest BCUT2D eigenvalue weighted by atomic mass is 9.96. The first-order valence-electron chi connectivity index (χ1n) is 11.3. The van der Waals surface area contributed by atoms with Crippen LogP contribution in [0.2, 0.25) is 0 Å². The highest BCUT2D eigenvalue weighted by atomic mass is 32.2. The Morgan fingerprint density at radius 2 is 1.91 bits per heavy atom. The average molecular weight is 452 g/mol. The van der Waals surface area contributed by atoms with Gasteiger partial charge in [0.2, 0.25) is 5.91 Å². The van der Waals surface area contributed by atoms with Crippen molar-refractivity contribution in [3.05, 3.63) is 48.0 Å². The van der Waals surface area contributed by atoms with Crippen LogP contribution >= 0.6 is 11.9 Å². The molecule has 3 rings (SSSR count). The normalized spacial score (nSPS) is 16.1. The lowest BCUT2D eigenvalue weighted by molar-refractivity contribution is -0.125. The van der Waals surface area contributed by atoms with Gasteiger partial charge in [0.05, 0.1) is 13.1 Å². The molecule has 0 aromatic heterocycles. The van der Waals surface area contributed by atoms with E-state index in [2.05, 4.69) is 69.8 Å². The standard InChI is InChI=1S/C26H33N3O2S/c1-4-16-27-26(31)13-12-23(30)19-29(32-3)22-14-17-28(18-15-22)20(2)24-11-7-9-21-8-5-6-10-25(21)24/h1,5-11,20,22H,12-19H2,2-3H3,(H,27,31). The van der Waals surface area contributed by atoms with Crippen molar-refractivity contribution >= 4 is 34.4 Å². The summed E-state index contributed by atoms with van der Waals surface area (Å²) in [6.07, 6.45) is 9.69. The number of hydrogen-bond acceptors (Lipinski definition) is 5. The van der Waals surface area contributed by atoms with E-state index >= 15 is 0 Å². The highest BCUT2D eigenvalue weighted by Crippen LogP contribution is 2.31. The fraction of sp³-hybridized carbons (Fsp3) is 0.462. The third kappa shape index (κ3) is 6.35. The number of carbonyl (C=O) groups excluding carboxylic acids is 2. The molecule has 1 atom stereocenters. The van der Waals surface area contributed by atoms with Gasteiger partial charge < -0.3 is 5.32 Å². The predicted octanol–water partition coefficient (Wildman–Crippen LogP) is 4.04. The Balaban J connectivity index is 1.52. The van der Waals surface area contributed by atoms with E-state index in [0.29, 0.717) is 18.6 Å². The molecule has 32 heavy (non-hydrogen) atoms. The summed E-state index contributed by atoms with van der Waals surface area (Å²) in [5, 5.41) is 5.22. The molecule has 2 aromatic carbocycles. The molecular weight excluding hydrogens is 418 g/mol. The zero-order valence-electron chi connectivity index (χ0n) is 19.0. The van der Waals surface area contributed by atoms with E-state index in [1.807, 2.05) is 6.26 Å². The number of benzene rings is 2. The highest BCUT2D eigenvalue weighted by Gasteiger charge is 2.28. The number of piperidine rings is 1. The molecule has 0 spiro atoms. The van der Waals surface area contributed by atoms with Crippen molar-refractivity contribution in [2.24, 2.45) is 0 Å². The molecule has 1 heterocycles. The van der Waals surface area contributed by atoms with Crippen LogP contribution in [0.1, 0.15) is 44.2 Å². The van der Waals surface area contributed by atoms with Crippen LogP contribution in [0.3, 0.4) is 0 Å². The maximum Gasteiger partial charge on any atom is 0.221 e. The van der Waals surface area contributed by atoms with Crippen LogP contribution < -0.4 is 5.32 Å². The maximum atomic E-state index is 12.4. The molecule has 1 fully saturated rings. The fourth-order valence-corrected chi connectivity index (χ4v) is 5.24. The van der Waals surface area contributed by atoms with Gasteiger partial charge in [0.25, 0.3) is 0 Å². The largest absolute Gasteiger partial charge is 0.345 e. The van der Waals surface area contributed by atoms with Gasteiger partial charge in [-0.1, -0.05) is 60.3 Å². The van der Waals surface area contributed by atoms with E-state index in [4.69, 9.17) is 6.42 Å². The van der Waals surface area contributed by atoms with Crippen LogP contribution in [-0.4, -0.2) is 59.4 Å². The van der Waals surface area contributed by atoms with Crippen molar-refractivity contribution in [2.45, 2.75) is 44.7 Å². The average Bonchev–Trinajstić information content (AvgIpc) is 2.84. The van der Waals surface area contributed by atoms with Crippen molar-refractivity contribution in [3.8, 4) is 12.3 Å². The van der Waals surface area contributed by atoms with Gasteiger partial charge in [0.1, 0.15) is 5.78 Å². The lowest BCUT2D eigenvalue weighted by Crippen LogP contribution is -2.44. The molecule has 0 saturated carbocycles. The van der Waals surface area contributed by atoms with Crippen molar-refractivity contribution in [1.82, 2.24) is 14.5 Å². The monoisotopic (exact) mass is 451 g/mol. The summed E-state index contributed by atoms with van der Waals surface area (Å²) in [5.74, 6) is 2.30. The second-order valence-electron chi connectivity index (χ2n) is 8.29. The predicted molar refractivity (Wildman–Crippen MR) is 133 cm³/mol. The Morgan fingerprint density at radius 1 is 1.19 bits per heavy atom. The minimum Gasteiger partial charge on any atom is -0.345 e. The SMILES string of the molecule is C#CCNC(=O)CCC(=O)CN(SC)C1CCN(C(C)c2cccc3ccccc23)CC1. The first kappa shape index (κ1) is 24.3. The first-order valence-corrected chi connectivity index (χ1v) is 12.5. The molecule has 0 bridgehead atoms. The number of carbonyl (C=O) groups is 2. The Hall–Kier alpha value is -2.33. The quantitative estimate of drug-likeness (QED) is 0.436. The van der Waals surface area contributed by atoms with Gasteiger partial charge in [-0.05, 0) is 42.4 Å². The third-order valence-electron chi connectivity index (χ3n) is 6.31. The summed E-state index contributed by atoms with van der Waals surface area (Å²) in [7, 11) is 0. The number of Topliss-reactive ketones (excluding diaryl/α,β-unsaturated/α-hetero) is 1. The minimum absolute atomic E-state index is 0.0989. The smallest absolute Gasteiger partial charge is 0.221 e. The van der Waals surface area contributed by atoms with Crippen molar-refractivity contribution in [2.75, 3.05) is 32.4 Å². The zero-order chi connectivity index (χ0) is 22.9. The van der Waals surface area contributed by atoms with Gasteiger partial charge in [-0.3, -0.25) is 14.5 Å². The van der Waals surface area contributed by atoms with E-state index < -0.39 is 0 Å². The number of nitrogens with one attached hydrogen (secondary N) is 1. The Bertz CT molecular complexity index is 958. The molecule has 2 aromatic rings. The van der Waals surface area contributed by atoms with E-state index in [1.165, 1.54) is 16.3 Å². The zero-order valence-corrected chi connectivity index (χ0v) is 19.9. The Kier molecular flexibility index (Phi) is 9.16. The van der Waals surface area contributed by atoms with Crippen LogP contribution in [0.25, 0.3) is 10.8 Å². The third-order valence-corrected chi connectivity index (χ3v) is 7.21. The van der Waals surface area contributed by atoms with E-state index in [1.54, 1.807) is 11.9 Å². The lowest BCUT2D eigenvalue weighted by Gasteiger charge is -2.40. The molecule has 1 unspecified atom stereocenters. The number of amides is 1. The van der Waals surface area contributed by atoms with Gasteiger partial charge >= 0.3 is 0 Å². The molecule has 1 saturated heterocycles. The summed E-state index contributed by atoms with van der Waals surface area (Å²) in [4.78, 5) is 26.7. The minimum atomic E-state index is -0.164. The summed E-state index contributed by atoms with van der Waals surface area (Å²) in [5.41, 5.74) is 1.38. The molecule has 1 aliphatic heterocycles. The molecule has 1 amide bonds. The fourth-order valence-electron chi connectivity index (χ4n) is 4.46. The number of ketones is 1. The van der Waals surface area contributed by atoms with Crippen molar-refractivity contribution in [3.63, 3.8) is 0 Å². The second kappa shape index (κ2) is 12.1. The van der Waals surface area contributed by atoms with E-state index in [9.17, 15) is 9.59 Å². The molecule has 0 aliphatic carbocycles. The van der Waals surface area contributed by atoms with Crippen LogP contribution in [0.15, 0.2) is 42.5 Å². The van der Waals surface area contributed by atoms with Crippen molar-refractivity contribution < 1.29 is 9.59 Å². The molecular formula is C26H33N3O2S. The van der Waals surface area contributed by atoms with E-state index in [0.717, 1.165) is 25.9 Å². The summed E-state index contributed by atoms with van der Waals surface area (Å²) >= 11 is 1.63. The topological polar surface area (TPSA) is 52.7 Å². The van der Waals surface area contributed by atoms with Gasteiger partial charge in [-0.15, -0.1) is 6.42 Å². The van der Waals surface area contributed by atoms with Gasteiger partial charge in [0, 0.05) is 38.0 Å². The van der Waals surface area contributed by atoms with E-state index in [-0.39, 0.29) is 31.1 Å². The molecule has 1 N–H and O–H groups in total. The molecule has 6 heteroatoms. The first-order chi connectivity index (χ1) is 15.5. The van der Waals surface area contributed by atoms with Gasteiger partial charge in [0.15, 0.2) is 0 Å². The molecule has 1 aliphatic rings. The second-order valence-corrected chi connectivity index (χ2v) is 9.12. The van der Waals surface area contributed by atoms with Crippen LogP contribution in [-0.2, 0) is 9.59 Å². The Morgan fingerprint density at radius 3 is 2.62 bits per heavy atom. The summed E-state index contributed by atoms with van der Waals surface area (Å²) in [6, 6.07) is 15.9. The summed E-state index contributed by atoms with van der Waals surface area (Å²) in [6.45, 7) is 4.90. The molecule has 5 nitrogen and oxygen atoms in total. The number of hydrogen-bond donors (Lipinski definition) is 1. The van der Waals surface area contributed by atoms with Crippen LogP contribution in [0.5, 0.6) is 0 Å². The van der Waals surface area contributed by atoms with Gasteiger partial charge in [-0.2, -0.15) is 0 Å². The number of likely N-dealkylation sites (tertiary alicyclic amines) is 1. The Labute approximate surface area is 196 Å².